The van der Waals surface area contributed by atoms with Gasteiger partial charge < -0.3 is 24.9 Å². The summed E-state index contributed by atoms with van der Waals surface area (Å²) in [4.78, 5) is 16.3. The lowest BCUT2D eigenvalue weighted by atomic mass is 10.2. The predicted octanol–water partition coefficient (Wildman–Crippen LogP) is 2.70. The zero-order valence-corrected chi connectivity index (χ0v) is 13.6. The highest BCUT2D eigenvalue weighted by Crippen LogP contribution is 2.38. The summed E-state index contributed by atoms with van der Waals surface area (Å²) in [6.45, 7) is 2.56. The molecule has 3 aromatic rings. The number of carbonyl (C=O) groups is 1. The van der Waals surface area contributed by atoms with Crippen LogP contribution < -0.4 is 15.2 Å². The van der Waals surface area contributed by atoms with E-state index in [1.165, 1.54) is 0 Å². The number of hydrogen-bond acceptors (Lipinski definition) is 5. The first-order valence-electron chi connectivity index (χ1n) is 7.95. The van der Waals surface area contributed by atoms with Crippen molar-refractivity contribution in [2.75, 3.05) is 18.9 Å². The largest absolute Gasteiger partial charge is 0.486 e. The maximum Gasteiger partial charge on any atom is 0.326 e. The Bertz CT molecular complexity index is 980. The summed E-state index contributed by atoms with van der Waals surface area (Å²) in [5.74, 6) is 0.806. The lowest BCUT2D eigenvalue weighted by Crippen LogP contribution is -2.17. The lowest BCUT2D eigenvalue weighted by molar-refractivity contribution is -0.140. The van der Waals surface area contributed by atoms with Crippen molar-refractivity contribution in [3.05, 3.63) is 36.4 Å². The molecule has 0 spiro atoms. The molecule has 1 aromatic heterocycles. The summed E-state index contributed by atoms with van der Waals surface area (Å²) in [6.07, 6.45) is 0. The van der Waals surface area contributed by atoms with Gasteiger partial charge in [-0.3, -0.25) is 0 Å². The van der Waals surface area contributed by atoms with Crippen LogP contribution in [0.1, 0.15) is 13.0 Å². The SMILES string of the molecule is CC(C(=O)O)n1c(-c2cccc(N)c2)nc2cc3c(cc21)OCCO3. The third-order valence-corrected chi connectivity index (χ3v) is 4.24. The van der Waals surface area contributed by atoms with Crippen molar-refractivity contribution in [1.82, 2.24) is 9.55 Å². The molecule has 2 heterocycles. The zero-order valence-electron chi connectivity index (χ0n) is 13.6. The highest BCUT2D eigenvalue weighted by atomic mass is 16.6. The van der Waals surface area contributed by atoms with E-state index >= 15 is 0 Å². The van der Waals surface area contributed by atoms with Crippen molar-refractivity contribution in [2.24, 2.45) is 0 Å². The zero-order chi connectivity index (χ0) is 17.6. The van der Waals surface area contributed by atoms with E-state index in [9.17, 15) is 9.90 Å². The maximum absolute atomic E-state index is 11.7. The first kappa shape index (κ1) is 15.3. The number of anilines is 1. The normalized spacial score (nSPS) is 14.4. The van der Waals surface area contributed by atoms with Crippen molar-refractivity contribution in [1.29, 1.82) is 0 Å². The van der Waals surface area contributed by atoms with E-state index < -0.39 is 12.0 Å². The molecule has 1 aliphatic heterocycles. The number of benzene rings is 2. The number of nitrogen functional groups attached to an aromatic ring is 1. The molecule has 4 rings (SSSR count). The minimum Gasteiger partial charge on any atom is -0.486 e. The van der Waals surface area contributed by atoms with Crippen molar-refractivity contribution in [2.45, 2.75) is 13.0 Å². The van der Waals surface area contributed by atoms with Crippen LogP contribution in [-0.4, -0.2) is 33.8 Å². The number of imidazole rings is 1. The summed E-state index contributed by atoms with van der Waals surface area (Å²) < 4.78 is 12.9. The second kappa shape index (κ2) is 5.70. The van der Waals surface area contributed by atoms with Gasteiger partial charge >= 0.3 is 5.97 Å². The summed E-state index contributed by atoms with van der Waals surface area (Å²) in [6, 6.07) is 9.99. The van der Waals surface area contributed by atoms with E-state index in [0.29, 0.717) is 47.3 Å². The molecule has 1 aliphatic rings. The van der Waals surface area contributed by atoms with Crippen molar-refractivity contribution in [3.63, 3.8) is 0 Å². The highest BCUT2D eigenvalue weighted by molar-refractivity contribution is 5.87. The molecule has 25 heavy (non-hydrogen) atoms. The number of aromatic nitrogens is 2. The Balaban J connectivity index is 2.00. The average Bonchev–Trinajstić information content (AvgIpc) is 2.97. The number of hydrogen-bond donors (Lipinski definition) is 2. The fraction of sp³-hybridized carbons (Fsp3) is 0.222. The number of nitrogens with zero attached hydrogens (tertiary/aromatic N) is 2. The molecule has 128 valence electrons. The third kappa shape index (κ3) is 2.53. The second-order valence-corrected chi connectivity index (χ2v) is 5.93. The molecule has 3 N–H and O–H groups in total. The Labute approximate surface area is 143 Å². The molecule has 0 saturated carbocycles. The number of aliphatic carboxylic acids is 1. The molecule has 1 unspecified atom stereocenters. The third-order valence-electron chi connectivity index (χ3n) is 4.24. The number of ether oxygens (including phenoxy) is 2. The Morgan fingerprint density at radius 3 is 2.64 bits per heavy atom. The fourth-order valence-electron chi connectivity index (χ4n) is 3.02. The number of carboxylic acid groups (broad SMARTS) is 1. The molecule has 7 heteroatoms. The van der Waals surface area contributed by atoms with E-state index in [4.69, 9.17) is 15.2 Å². The van der Waals surface area contributed by atoms with Crippen LogP contribution in [0.4, 0.5) is 5.69 Å². The van der Waals surface area contributed by atoms with Crippen LogP contribution in [0.3, 0.4) is 0 Å². The van der Waals surface area contributed by atoms with Gasteiger partial charge in [0.05, 0.1) is 11.0 Å². The van der Waals surface area contributed by atoms with Gasteiger partial charge in [0.1, 0.15) is 25.1 Å². The second-order valence-electron chi connectivity index (χ2n) is 5.93. The Hall–Kier alpha value is -3.22. The smallest absolute Gasteiger partial charge is 0.326 e. The van der Waals surface area contributed by atoms with Crippen LogP contribution in [0.5, 0.6) is 11.5 Å². The molecule has 0 aliphatic carbocycles. The summed E-state index contributed by atoms with van der Waals surface area (Å²) in [5, 5.41) is 9.55. The van der Waals surface area contributed by atoms with Gasteiger partial charge in [0.15, 0.2) is 11.5 Å². The first-order valence-corrected chi connectivity index (χ1v) is 7.95. The van der Waals surface area contributed by atoms with Gasteiger partial charge in [-0.1, -0.05) is 12.1 Å². The molecule has 0 radical (unpaired) electrons. The van der Waals surface area contributed by atoms with Crippen LogP contribution in [0.2, 0.25) is 0 Å². The molecule has 0 saturated heterocycles. The monoisotopic (exact) mass is 339 g/mol. The molecule has 1 atom stereocenters. The molecule has 0 amide bonds. The van der Waals surface area contributed by atoms with Crippen molar-refractivity contribution in [3.8, 4) is 22.9 Å². The average molecular weight is 339 g/mol. The number of carboxylic acids is 1. The minimum atomic E-state index is -0.945. The van der Waals surface area contributed by atoms with Crippen LogP contribution in [0, 0.1) is 0 Å². The van der Waals surface area contributed by atoms with Crippen LogP contribution in [0.15, 0.2) is 36.4 Å². The quantitative estimate of drug-likeness (QED) is 0.712. The topological polar surface area (TPSA) is 99.6 Å². The van der Waals surface area contributed by atoms with E-state index in [0.717, 1.165) is 5.56 Å². The highest BCUT2D eigenvalue weighted by Gasteiger charge is 2.24. The standard InChI is InChI=1S/C18H17N3O4/c1-10(18(22)23)21-14-9-16-15(24-5-6-25-16)8-13(14)20-17(21)11-3-2-4-12(19)7-11/h2-4,7-10H,5-6,19H2,1H3,(H,22,23). The number of fused-ring (bicyclic) bond motifs is 2. The molecule has 0 fully saturated rings. The lowest BCUT2D eigenvalue weighted by Gasteiger charge is -2.19. The summed E-state index contributed by atoms with van der Waals surface area (Å²) in [7, 11) is 0. The Morgan fingerprint density at radius 1 is 1.24 bits per heavy atom. The van der Waals surface area contributed by atoms with Crippen molar-refractivity contribution >= 4 is 22.7 Å². The molecular weight excluding hydrogens is 322 g/mol. The van der Waals surface area contributed by atoms with Gasteiger partial charge in [-0.2, -0.15) is 0 Å². The van der Waals surface area contributed by atoms with Gasteiger partial charge in [-0.05, 0) is 19.1 Å². The first-order chi connectivity index (χ1) is 12.0. The molecule has 0 bridgehead atoms. The fourth-order valence-corrected chi connectivity index (χ4v) is 3.02. The Kier molecular flexibility index (Phi) is 3.49. The molecule has 7 nitrogen and oxygen atoms in total. The molecule has 2 aromatic carbocycles. The maximum atomic E-state index is 11.7. The number of nitrogens with two attached hydrogens (primary N) is 1. The van der Waals surface area contributed by atoms with Gasteiger partial charge in [-0.15, -0.1) is 0 Å². The van der Waals surface area contributed by atoms with Gasteiger partial charge in [0.2, 0.25) is 0 Å². The van der Waals surface area contributed by atoms with E-state index in [2.05, 4.69) is 4.98 Å². The minimum absolute atomic E-state index is 0.462. The summed E-state index contributed by atoms with van der Waals surface area (Å²) >= 11 is 0. The van der Waals surface area contributed by atoms with Crippen LogP contribution >= 0.6 is 0 Å². The predicted molar refractivity (Wildman–Crippen MR) is 92.9 cm³/mol. The van der Waals surface area contributed by atoms with Crippen LogP contribution in [-0.2, 0) is 4.79 Å². The Morgan fingerprint density at radius 2 is 1.96 bits per heavy atom. The van der Waals surface area contributed by atoms with Gasteiger partial charge in [0.25, 0.3) is 0 Å². The van der Waals surface area contributed by atoms with Gasteiger partial charge in [0, 0.05) is 23.4 Å². The van der Waals surface area contributed by atoms with E-state index in [-0.39, 0.29) is 0 Å². The van der Waals surface area contributed by atoms with E-state index in [1.807, 2.05) is 12.1 Å². The summed E-state index contributed by atoms with van der Waals surface area (Å²) in [5.41, 5.74) is 8.55. The van der Waals surface area contributed by atoms with Gasteiger partial charge in [-0.25, -0.2) is 9.78 Å². The number of rotatable bonds is 3. The molecular formula is C18H17N3O4. The van der Waals surface area contributed by atoms with Crippen LogP contribution in [0.25, 0.3) is 22.4 Å². The van der Waals surface area contributed by atoms with E-state index in [1.54, 1.807) is 35.8 Å². The van der Waals surface area contributed by atoms with Crippen molar-refractivity contribution < 1.29 is 19.4 Å².